The number of aryl methyl sites for hydroxylation is 1. The summed E-state index contributed by atoms with van der Waals surface area (Å²) in [5.74, 6) is -1.35. The molecule has 1 N–H and O–H groups in total. The van der Waals surface area contributed by atoms with E-state index in [-0.39, 0.29) is 17.9 Å². The minimum absolute atomic E-state index is 0.169. The molecule has 1 aromatic heterocycles. The van der Waals surface area contributed by atoms with E-state index in [0.717, 1.165) is 0 Å². The van der Waals surface area contributed by atoms with Gasteiger partial charge in [-0.3, -0.25) is 9.00 Å². The smallest absolute Gasteiger partial charge is 0.340 e. The van der Waals surface area contributed by atoms with Crippen LogP contribution >= 0.6 is 0 Å². The Morgan fingerprint density at radius 3 is 2.36 bits per heavy atom. The highest BCUT2D eigenvalue weighted by molar-refractivity contribution is 7.85. The van der Waals surface area contributed by atoms with E-state index in [1.807, 2.05) is 0 Å². The molecule has 0 aliphatic heterocycles. The first-order valence-electron chi connectivity index (χ1n) is 8.85. The Kier molecular flexibility index (Phi) is 7.28. The summed E-state index contributed by atoms with van der Waals surface area (Å²) in [6.45, 7) is 6.46. The van der Waals surface area contributed by atoms with E-state index in [0.29, 0.717) is 27.5 Å². The molecule has 2 aromatic rings. The zero-order chi connectivity index (χ0) is 20.8. The van der Waals surface area contributed by atoms with Gasteiger partial charge in [-0.1, -0.05) is 19.1 Å². The highest BCUT2D eigenvalue weighted by Crippen LogP contribution is 2.20. The number of nitrogens with one attached hydrogen (secondary N) is 1. The number of aromatic nitrogens is 1. The van der Waals surface area contributed by atoms with Gasteiger partial charge in [0.15, 0.2) is 6.61 Å². The van der Waals surface area contributed by atoms with Crippen LogP contribution in [0.4, 0.5) is 0 Å². The lowest BCUT2D eigenvalue weighted by Crippen LogP contribution is -2.17. The molecule has 0 fully saturated rings. The predicted molar refractivity (Wildman–Crippen MR) is 104 cm³/mol. The summed E-state index contributed by atoms with van der Waals surface area (Å²) in [7, 11) is -1.33. The SMILES string of the molecule is CCOC(=O)c1c(C)[nH]c(C(=O)COC(=O)c2ccccc2[S@](=O)CC)c1C. The summed E-state index contributed by atoms with van der Waals surface area (Å²) in [4.78, 5) is 40.2. The van der Waals surface area contributed by atoms with Crippen molar-refractivity contribution in [2.45, 2.75) is 32.6 Å². The molecule has 0 unspecified atom stereocenters. The maximum Gasteiger partial charge on any atom is 0.340 e. The quantitative estimate of drug-likeness (QED) is 0.535. The molecule has 28 heavy (non-hydrogen) atoms. The van der Waals surface area contributed by atoms with Crippen LogP contribution in [0.2, 0.25) is 0 Å². The van der Waals surface area contributed by atoms with Crippen LogP contribution in [0.1, 0.15) is 56.3 Å². The lowest BCUT2D eigenvalue weighted by Gasteiger charge is -2.08. The molecule has 0 saturated heterocycles. The molecular weight excluding hydrogens is 382 g/mol. The van der Waals surface area contributed by atoms with Crippen molar-refractivity contribution in [1.82, 2.24) is 4.98 Å². The maximum absolute atomic E-state index is 12.5. The van der Waals surface area contributed by atoms with Crippen molar-refractivity contribution in [2.24, 2.45) is 0 Å². The standard InChI is InChI=1S/C20H23NO6S/c1-5-26-20(24)17-12(3)18(21-13(17)4)15(22)11-27-19(23)14-9-7-8-10-16(14)28(25)6-2/h7-10,21H,5-6,11H2,1-4H3/t28-/m1/s1. The number of rotatable bonds is 8. The third-order valence-corrected chi connectivity index (χ3v) is 5.52. The van der Waals surface area contributed by atoms with Crippen LogP contribution in [0.25, 0.3) is 0 Å². The lowest BCUT2D eigenvalue weighted by atomic mass is 10.1. The second-order valence-electron chi connectivity index (χ2n) is 5.98. The Hall–Kier alpha value is -2.74. The number of hydrogen-bond acceptors (Lipinski definition) is 6. The van der Waals surface area contributed by atoms with Crippen LogP contribution in [0, 0.1) is 13.8 Å². The number of esters is 2. The molecular formula is C20H23NO6S. The molecule has 7 nitrogen and oxygen atoms in total. The fourth-order valence-corrected chi connectivity index (χ4v) is 3.75. The average Bonchev–Trinajstić information content (AvgIpc) is 2.99. The van der Waals surface area contributed by atoms with Crippen molar-refractivity contribution in [1.29, 1.82) is 0 Å². The summed E-state index contributed by atoms with van der Waals surface area (Å²) in [5, 5.41) is 0. The van der Waals surface area contributed by atoms with E-state index in [9.17, 15) is 18.6 Å². The number of carbonyl (C=O) groups is 3. The number of hydrogen-bond donors (Lipinski definition) is 1. The maximum atomic E-state index is 12.5. The zero-order valence-corrected chi connectivity index (χ0v) is 17.1. The van der Waals surface area contributed by atoms with Gasteiger partial charge in [0.1, 0.15) is 0 Å². The third-order valence-electron chi connectivity index (χ3n) is 4.14. The van der Waals surface area contributed by atoms with Crippen LogP contribution in [0.5, 0.6) is 0 Å². The fraction of sp³-hybridized carbons (Fsp3) is 0.350. The number of aromatic amines is 1. The Morgan fingerprint density at radius 2 is 1.71 bits per heavy atom. The number of ether oxygens (including phenoxy) is 2. The first-order chi connectivity index (χ1) is 13.3. The summed E-state index contributed by atoms with van der Waals surface area (Å²) in [6.07, 6.45) is 0. The van der Waals surface area contributed by atoms with Gasteiger partial charge in [-0.15, -0.1) is 0 Å². The second kappa shape index (κ2) is 9.45. The van der Waals surface area contributed by atoms with Crippen LogP contribution in [0.15, 0.2) is 29.2 Å². The predicted octanol–water partition coefficient (Wildman–Crippen LogP) is 2.98. The Morgan fingerprint density at radius 1 is 1.04 bits per heavy atom. The summed E-state index contributed by atoms with van der Waals surface area (Å²) in [6, 6.07) is 6.44. The molecule has 0 aliphatic rings. The Bertz CT molecular complexity index is 931. The summed E-state index contributed by atoms with van der Waals surface area (Å²) in [5.41, 5.74) is 1.62. The number of Topliss-reactive ketones (excluding diaryl/α,β-unsaturated/α-hetero) is 1. The highest BCUT2D eigenvalue weighted by atomic mass is 32.2. The average molecular weight is 405 g/mol. The largest absolute Gasteiger partial charge is 0.462 e. The van der Waals surface area contributed by atoms with E-state index in [1.165, 1.54) is 6.07 Å². The molecule has 1 atom stereocenters. The molecule has 2 rings (SSSR count). The molecule has 150 valence electrons. The van der Waals surface area contributed by atoms with Gasteiger partial charge in [-0.25, -0.2) is 9.59 Å². The molecule has 0 bridgehead atoms. The van der Waals surface area contributed by atoms with Crippen molar-refractivity contribution >= 4 is 28.5 Å². The monoisotopic (exact) mass is 405 g/mol. The van der Waals surface area contributed by atoms with Gasteiger partial charge in [0.2, 0.25) is 5.78 Å². The first-order valence-corrected chi connectivity index (χ1v) is 10.2. The number of carbonyl (C=O) groups excluding carboxylic acids is 3. The minimum atomic E-state index is -1.33. The van der Waals surface area contributed by atoms with E-state index in [1.54, 1.807) is 45.9 Å². The van der Waals surface area contributed by atoms with Gasteiger partial charge >= 0.3 is 11.9 Å². The van der Waals surface area contributed by atoms with Gasteiger partial charge in [0, 0.05) is 11.4 Å². The van der Waals surface area contributed by atoms with Crippen LogP contribution in [0.3, 0.4) is 0 Å². The lowest BCUT2D eigenvalue weighted by molar-refractivity contribution is 0.0468. The molecule has 1 heterocycles. The van der Waals surface area contributed by atoms with Crippen molar-refractivity contribution in [3.8, 4) is 0 Å². The van der Waals surface area contributed by atoms with E-state index < -0.39 is 35.1 Å². The fourth-order valence-electron chi connectivity index (χ4n) is 2.81. The summed E-state index contributed by atoms with van der Waals surface area (Å²) < 4.78 is 22.2. The molecule has 0 spiro atoms. The molecule has 1 aromatic carbocycles. The first kappa shape index (κ1) is 21.6. The molecule has 0 saturated carbocycles. The van der Waals surface area contributed by atoms with Gasteiger partial charge in [-0.05, 0) is 38.5 Å². The van der Waals surface area contributed by atoms with Gasteiger partial charge in [-0.2, -0.15) is 0 Å². The normalized spacial score (nSPS) is 11.7. The van der Waals surface area contributed by atoms with E-state index >= 15 is 0 Å². The van der Waals surface area contributed by atoms with Crippen LogP contribution in [-0.2, 0) is 20.3 Å². The van der Waals surface area contributed by atoms with Crippen LogP contribution < -0.4 is 0 Å². The van der Waals surface area contributed by atoms with Crippen molar-refractivity contribution in [3.63, 3.8) is 0 Å². The van der Waals surface area contributed by atoms with E-state index in [4.69, 9.17) is 9.47 Å². The molecule has 0 aliphatic carbocycles. The van der Waals surface area contributed by atoms with E-state index in [2.05, 4.69) is 4.98 Å². The van der Waals surface area contributed by atoms with Gasteiger partial charge in [0.25, 0.3) is 0 Å². The van der Waals surface area contributed by atoms with Crippen molar-refractivity contribution in [2.75, 3.05) is 19.0 Å². The van der Waals surface area contributed by atoms with Gasteiger partial charge in [0.05, 0.1) is 39.1 Å². The molecule has 0 radical (unpaired) electrons. The van der Waals surface area contributed by atoms with Gasteiger partial charge < -0.3 is 14.5 Å². The number of benzene rings is 1. The zero-order valence-electron chi connectivity index (χ0n) is 16.3. The van der Waals surface area contributed by atoms with Crippen LogP contribution in [-0.4, -0.2) is 45.9 Å². The third kappa shape index (κ3) is 4.56. The minimum Gasteiger partial charge on any atom is -0.462 e. The topological polar surface area (TPSA) is 103 Å². The summed E-state index contributed by atoms with van der Waals surface area (Å²) >= 11 is 0. The van der Waals surface area contributed by atoms with Crippen molar-refractivity contribution in [3.05, 3.63) is 52.3 Å². The number of H-pyrrole nitrogens is 1. The molecule has 0 amide bonds. The second-order valence-corrected chi connectivity index (χ2v) is 7.68. The van der Waals surface area contributed by atoms with Crippen molar-refractivity contribution < 1.29 is 28.1 Å². The Balaban J connectivity index is 2.15. The number of ketones is 1. The Labute approximate surface area is 165 Å². The highest BCUT2D eigenvalue weighted by Gasteiger charge is 2.24. The molecule has 8 heteroatoms.